The molecule has 25 nitrogen and oxygen atoms in total. The van der Waals surface area contributed by atoms with Crippen molar-refractivity contribution in [3.8, 4) is 75.6 Å². The summed E-state index contributed by atoms with van der Waals surface area (Å²) in [4.78, 5) is 9.39. The second-order valence-corrected chi connectivity index (χ2v) is 30.1. The molecular weight excluding hydrogens is 1740 g/mol. The van der Waals surface area contributed by atoms with E-state index in [0.717, 1.165) is 68.5 Å². The van der Waals surface area contributed by atoms with Gasteiger partial charge in [-0.25, -0.2) is 9.97 Å². The molecule has 53 heteroatoms. The van der Waals surface area contributed by atoms with Gasteiger partial charge >= 0.3 is 132 Å². The van der Waals surface area contributed by atoms with Gasteiger partial charge in [-0.1, -0.05) is 0 Å². The molecular formula is C66H81F24N15O10P4. The molecule has 0 fully saturated rings. The van der Waals surface area contributed by atoms with E-state index >= 15 is 0 Å². The largest absolute Gasteiger partial charge is 0.491 e. The number of benzene rings is 2. The van der Waals surface area contributed by atoms with E-state index in [-0.39, 0.29) is 0 Å². The molecule has 0 amide bonds. The first-order chi connectivity index (χ1) is 54.5. The Bertz CT molecular complexity index is 3840. The summed E-state index contributed by atoms with van der Waals surface area (Å²) in [7, 11) is -42.6. The first-order valence-electron chi connectivity index (χ1n) is 33.3. The van der Waals surface area contributed by atoms with Crippen molar-refractivity contribution in [1.82, 2.24) is 30.4 Å². The predicted molar refractivity (Wildman–Crippen MR) is 384 cm³/mol. The molecule has 2 N–H and O–H groups in total. The van der Waals surface area contributed by atoms with Crippen LogP contribution in [0.3, 0.4) is 0 Å². The number of pyridine rings is 4. The molecule has 2 aromatic carbocycles. The van der Waals surface area contributed by atoms with Gasteiger partial charge in [-0.3, -0.25) is 10.2 Å². The number of aromatic nitrogens is 10. The molecule has 14 aliphatic rings. The summed E-state index contributed by atoms with van der Waals surface area (Å²) in [6.45, 7) is 17.4. The zero-order valence-corrected chi connectivity index (χ0v) is 66.8. The van der Waals surface area contributed by atoms with Crippen LogP contribution in [0.25, 0.3) is 22.3 Å². The maximum atomic E-state index is 9.87. The SMILES string of the molecule is CC#N.CC#N.CC#N.CC#N.CC#N.F[P-](F)(F)(F)(F)F.F[P-](F)(F)(F)(F)F.F[P-](F)(F)(F)(F)F.F[P-](F)(F)(F)(F)F.c1c[n+]2ccc1-c1cc[n+](cc1)Cc1nc(n[nH]1)C[n+]1ccc(cc1)-c1cc[n+](cc1)Cc1nc(n[nH]1)C2.c1cc2ccc1OCCOCCOCCOCCOc1ccc(cc1)OCCOCCOCCOCCO2. The van der Waals surface area contributed by atoms with Crippen molar-refractivity contribution < 1.29 is 166 Å². The number of H-pyrrole nitrogens is 2. The minimum atomic E-state index is -10.7. The Kier molecular flexibility index (Phi) is 42.4. The monoisotopic (exact) mass is 1820 g/mol. The third-order valence-electron chi connectivity index (χ3n) is 11.8. The fraction of sp³-hybridized carbons (Fsp3) is 0.379. The Balaban J connectivity index is 0.00000158. The van der Waals surface area contributed by atoms with Crippen LogP contribution in [0.1, 0.15) is 57.9 Å². The molecule has 668 valence electrons. The van der Waals surface area contributed by atoms with Crippen molar-refractivity contribution in [2.24, 2.45) is 0 Å². The van der Waals surface area contributed by atoms with Gasteiger partial charge in [0.05, 0.1) is 110 Å². The van der Waals surface area contributed by atoms with E-state index in [2.05, 4.69) is 137 Å². The Morgan fingerprint density at radius 1 is 0.261 bits per heavy atom. The van der Waals surface area contributed by atoms with E-state index < -0.39 is 31.2 Å². The van der Waals surface area contributed by atoms with Crippen LogP contribution in [0.5, 0.6) is 23.0 Å². The predicted octanol–water partition coefficient (Wildman–Crippen LogP) is 20.1. The van der Waals surface area contributed by atoms with E-state index in [4.69, 9.17) is 83.6 Å². The molecule has 6 aromatic heterocycles. The van der Waals surface area contributed by atoms with Crippen molar-refractivity contribution in [1.29, 1.82) is 26.3 Å². The molecule has 0 saturated carbocycles. The van der Waals surface area contributed by atoms with E-state index in [9.17, 15) is 101 Å². The Hall–Kier alpha value is -10.2. The van der Waals surface area contributed by atoms with Gasteiger partial charge in [0.15, 0.2) is 61.2 Å². The van der Waals surface area contributed by atoms with Crippen molar-refractivity contribution in [2.45, 2.75) is 60.8 Å². The molecule has 0 atom stereocenters. The van der Waals surface area contributed by atoms with Gasteiger partial charge in [0.1, 0.15) is 49.4 Å². The first kappa shape index (κ1) is 109. The summed E-state index contributed by atoms with van der Waals surface area (Å²) in [5.74, 6) is 6.20. The summed E-state index contributed by atoms with van der Waals surface area (Å²) in [5.41, 5.74) is 4.60. The molecule has 16 bridgehead atoms. The van der Waals surface area contributed by atoms with Crippen LogP contribution in [-0.4, -0.2) is 136 Å². The molecule has 20 heterocycles. The van der Waals surface area contributed by atoms with Gasteiger partial charge < -0.3 is 47.4 Å². The van der Waals surface area contributed by atoms with Gasteiger partial charge in [0, 0.05) is 83.1 Å². The van der Waals surface area contributed by atoms with E-state index in [1.807, 2.05) is 48.5 Å². The van der Waals surface area contributed by atoms with E-state index in [1.165, 1.54) is 34.6 Å². The number of rotatable bonds is 0. The summed E-state index contributed by atoms with van der Waals surface area (Å²) in [6.07, 6.45) is 16.5. The van der Waals surface area contributed by atoms with Gasteiger partial charge in [-0.05, 0) is 70.8 Å². The fourth-order valence-electron chi connectivity index (χ4n) is 7.87. The van der Waals surface area contributed by atoms with Crippen LogP contribution in [0.2, 0.25) is 0 Å². The molecule has 119 heavy (non-hydrogen) atoms. The Morgan fingerprint density at radius 3 is 0.563 bits per heavy atom. The number of ether oxygens (including phenoxy) is 10. The van der Waals surface area contributed by atoms with Crippen LogP contribution in [0.4, 0.5) is 101 Å². The smallest absolute Gasteiger partial charge is 0.216 e. The number of aromatic amines is 2. The molecule has 22 rings (SSSR count). The maximum Gasteiger partial charge on any atom is 0.216 e. The van der Waals surface area contributed by atoms with E-state index in [0.29, 0.717) is 132 Å². The quantitative estimate of drug-likeness (QED) is 0.0809. The zero-order chi connectivity index (χ0) is 90.8. The van der Waals surface area contributed by atoms with Crippen LogP contribution in [0, 0.1) is 56.7 Å². The summed E-state index contributed by atoms with van der Waals surface area (Å²) >= 11 is 0. The van der Waals surface area contributed by atoms with Crippen molar-refractivity contribution in [3.63, 3.8) is 0 Å². The minimum absolute atomic E-state index is 0.459. The molecule has 0 radical (unpaired) electrons. The summed E-state index contributed by atoms with van der Waals surface area (Å²) < 4.78 is 301. The fourth-order valence-corrected chi connectivity index (χ4v) is 7.87. The topological polar surface area (TPSA) is 310 Å². The number of halogens is 24. The minimum Gasteiger partial charge on any atom is -0.491 e. The van der Waals surface area contributed by atoms with Crippen LogP contribution < -0.4 is 37.2 Å². The van der Waals surface area contributed by atoms with Crippen LogP contribution >= 0.6 is 31.2 Å². The van der Waals surface area contributed by atoms with Gasteiger partial charge in [0.25, 0.3) is 0 Å². The standard InChI is InChI=1S/C28H24N10.C28H40O10.5C2H3N.4F6P/c1-9-35-10-2-21(1)22-3-11-36(12-4-22)18-27-30-28(34-33-27)20-38-15-7-24(8-16-38)23-5-13-37(14-6-23)19-26-29-25(17-35)31-32-26;1-2-26-4-3-25(1)35-21-17-31-13-9-29-11-15-33-19-23-37-27-5-7-28(8-6-27)38-24-20-34-16-12-30-10-14-32-18-22-36-26;5*1-2-3;4*1-7(2,3,4,5)6/h1-16H,17-20H2;1-8H,9-24H2;5*1H3;;;;/q+2;;;;;;;4*-1/p+2. The Morgan fingerprint density at radius 2 is 0.403 bits per heavy atom. The average Bonchev–Trinajstić information content (AvgIpc) is 1.48. The molecule has 8 aromatic rings. The third-order valence-corrected chi connectivity index (χ3v) is 11.8. The van der Waals surface area contributed by atoms with Gasteiger partial charge in [-0.15, -0.1) is 0 Å². The second kappa shape index (κ2) is 46.4. The number of nitrogens with zero attached hydrogens (tertiary/aromatic N) is 13. The number of nitrogens with one attached hydrogen (secondary N) is 2. The van der Waals surface area contributed by atoms with E-state index in [1.54, 1.807) is 30.3 Å². The van der Waals surface area contributed by atoms with Crippen LogP contribution in [-0.2, 0) is 54.6 Å². The molecule has 0 unspecified atom stereocenters. The second-order valence-electron chi connectivity index (χ2n) is 22.4. The third kappa shape index (κ3) is 78.7. The number of hydrogen-bond acceptors (Lipinski definition) is 19. The number of hydrogen-bond donors (Lipinski definition) is 2. The molecule has 0 saturated heterocycles. The van der Waals surface area contributed by atoms with Gasteiger partial charge in [-0.2, -0.15) is 54.8 Å². The average molecular weight is 1820 g/mol. The van der Waals surface area contributed by atoms with Crippen molar-refractivity contribution in [3.05, 3.63) is 170 Å². The molecule has 0 spiro atoms. The molecule has 14 aliphatic heterocycles. The van der Waals surface area contributed by atoms with Crippen molar-refractivity contribution >= 4 is 31.2 Å². The normalized spacial score (nSPS) is 16.0. The summed E-state index contributed by atoms with van der Waals surface area (Å²) in [6, 6.07) is 40.6. The van der Waals surface area contributed by atoms with Gasteiger partial charge in [0.2, 0.25) is 37.8 Å². The molecule has 0 aliphatic carbocycles. The first-order valence-corrected chi connectivity index (χ1v) is 41.4. The Labute approximate surface area is 664 Å². The summed E-state index contributed by atoms with van der Waals surface area (Å²) in [5, 5.41) is 51.6. The zero-order valence-electron chi connectivity index (χ0n) is 63.3. The van der Waals surface area contributed by atoms with Crippen LogP contribution in [0.15, 0.2) is 147 Å². The maximum absolute atomic E-state index is 10.7. The van der Waals surface area contributed by atoms with Crippen molar-refractivity contribution in [2.75, 3.05) is 106 Å². The number of nitriles is 5.